The number of rotatable bonds is 5. The Bertz CT molecular complexity index is 790. The molecule has 5 nitrogen and oxygen atoms in total. The number of phenolic OH excluding ortho intramolecular Hbond substituents is 1. The van der Waals surface area contributed by atoms with Crippen molar-refractivity contribution >= 4 is 34.8 Å². The van der Waals surface area contributed by atoms with E-state index < -0.39 is 0 Å². The highest BCUT2D eigenvalue weighted by atomic mass is 35.5. The molecule has 0 spiro atoms. The minimum absolute atomic E-state index is 0.118. The van der Waals surface area contributed by atoms with Crippen molar-refractivity contribution in [1.29, 1.82) is 0 Å². The molecule has 3 rings (SSSR count). The molecule has 1 aliphatic rings. The van der Waals surface area contributed by atoms with Crippen LogP contribution in [0.5, 0.6) is 5.75 Å². The van der Waals surface area contributed by atoms with Crippen LogP contribution in [0.3, 0.4) is 0 Å². The number of hydrogen-bond donors (Lipinski definition) is 1. The molecule has 1 N–H and O–H groups in total. The summed E-state index contributed by atoms with van der Waals surface area (Å²) in [5.74, 6) is 0.379. The van der Waals surface area contributed by atoms with Crippen LogP contribution in [0, 0.1) is 0 Å². The zero-order valence-corrected chi connectivity index (χ0v) is 16.7. The first kappa shape index (κ1) is 19.8. The van der Waals surface area contributed by atoms with Crippen molar-refractivity contribution in [1.82, 2.24) is 9.80 Å². The second-order valence-corrected chi connectivity index (χ2v) is 7.64. The highest BCUT2D eigenvalue weighted by Crippen LogP contribution is 2.22. The number of carbonyl (C=O) groups is 1. The lowest BCUT2D eigenvalue weighted by molar-refractivity contribution is -0.132. The van der Waals surface area contributed by atoms with E-state index in [2.05, 4.69) is 4.90 Å². The molecule has 0 atom stereocenters. The zero-order chi connectivity index (χ0) is 19.4. The van der Waals surface area contributed by atoms with Crippen LogP contribution in [0.1, 0.15) is 5.56 Å². The second-order valence-electron chi connectivity index (χ2n) is 6.79. The Morgan fingerprint density at radius 3 is 2.37 bits per heavy atom. The Morgan fingerprint density at radius 2 is 1.74 bits per heavy atom. The fourth-order valence-electron chi connectivity index (χ4n) is 3.21. The van der Waals surface area contributed by atoms with Gasteiger partial charge in [0.25, 0.3) is 0 Å². The van der Waals surface area contributed by atoms with Crippen molar-refractivity contribution in [2.24, 2.45) is 0 Å². The van der Waals surface area contributed by atoms with Crippen molar-refractivity contribution in [2.75, 3.05) is 44.7 Å². The van der Waals surface area contributed by atoms with Crippen LogP contribution in [-0.2, 0) is 11.3 Å². The summed E-state index contributed by atoms with van der Waals surface area (Å²) in [7, 11) is 1.91. The largest absolute Gasteiger partial charge is 0.508 e. The van der Waals surface area contributed by atoms with Gasteiger partial charge >= 0.3 is 0 Å². The van der Waals surface area contributed by atoms with Crippen LogP contribution in [0.15, 0.2) is 42.5 Å². The summed E-state index contributed by atoms with van der Waals surface area (Å²) in [6, 6.07) is 12.6. The van der Waals surface area contributed by atoms with Crippen molar-refractivity contribution in [3.05, 3.63) is 58.1 Å². The average Bonchev–Trinajstić information content (AvgIpc) is 2.65. The maximum Gasteiger partial charge on any atom is 0.236 e. The smallest absolute Gasteiger partial charge is 0.236 e. The first-order valence-corrected chi connectivity index (χ1v) is 9.62. The second kappa shape index (κ2) is 8.83. The third kappa shape index (κ3) is 5.28. The van der Waals surface area contributed by atoms with E-state index in [1.54, 1.807) is 24.3 Å². The van der Waals surface area contributed by atoms with Gasteiger partial charge in [-0.25, -0.2) is 0 Å². The van der Waals surface area contributed by atoms with Gasteiger partial charge in [0.2, 0.25) is 5.91 Å². The van der Waals surface area contributed by atoms with Crippen molar-refractivity contribution in [2.45, 2.75) is 6.54 Å². The number of hydrogen-bond acceptors (Lipinski definition) is 4. The van der Waals surface area contributed by atoms with Gasteiger partial charge < -0.3 is 14.9 Å². The lowest BCUT2D eigenvalue weighted by Gasteiger charge is -2.36. The Balaban J connectivity index is 1.49. The highest BCUT2D eigenvalue weighted by Gasteiger charge is 2.22. The Morgan fingerprint density at radius 1 is 1.07 bits per heavy atom. The lowest BCUT2D eigenvalue weighted by atomic mass is 10.2. The van der Waals surface area contributed by atoms with Gasteiger partial charge in [-0.1, -0.05) is 29.3 Å². The van der Waals surface area contributed by atoms with Crippen LogP contribution in [-0.4, -0.2) is 60.6 Å². The molecule has 1 fully saturated rings. The zero-order valence-electron chi connectivity index (χ0n) is 15.2. The normalized spacial score (nSPS) is 14.7. The molecule has 1 amide bonds. The van der Waals surface area contributed by atoms with Crippen LogP contribution in [0.25, 0.3) is 0 Å². The van der Waals surface area contributed by atoms with Gasteiger partial charge in [0.05, 0.1) is 6.54 Å². The molecule has 1 aliphatic heterocycles. The summed E-state index contributed by atoms with van der Waals surface area (Å²) in [4.78, 5) is 18.7. The maximum absolute atomic E-state index is 12.6. The van der Waals surface area contributed by atoms with Crippen LogP contribution < -0.4 is 4.90 Å². The summed E-state index contributed by atoms with van der Waals surface area (Å²) < 4.78 is 0. The molecule has 1 heterocycles. The highest BCUT2D eigenvalue weighted by molar-refractivity contribution is 6.35. The van der Waals surface area contributed by atoms with Crippen LogP contribution >= 0.6 is 23.2 Å². The number of phenols is 1. The fraction of sp³-hybridized carbons (Fsp3) is 0.350. The monoisotopic (exact) mass is 407 g/mol. The predicted molar refractivity (Wildman–Crippen MR) is 110 cm³/mol. The minimum Gasteiger partial charge on any atom is -0.508 e. The maximum atomic E-state index is 12.6. The molecule has 144 valence electrons. The third-order valence-electron chi connectivity index (χ3n) is 4.71. The molecule has 0 aromatic heterocycles. The summed E-state index contributed by atoms with van der Waals surface area (Å²) in [5.41, 5.74) is 2.02. The molecular formula is C20H23Cl2N3O2. The first-order chi connectivity index (χ1) is 12.9. The molecule has 7 heteroatoms. The van der Waals surface area contributed by atoms with Crippen LogP contribution in [0.4, 0.5) is 5.69 Å². The molecule has 2 aromatic rings. The van der Waals surface area contributed by atoms with Crippen molar-refractivity contribution in [3.63, 3.8) is 0 Å². The molecular weight excluding hydrogens is 385 g/mol. The SMILES string of the molecule is CN(CC(=O)N1CCN(c2ccc(O)cc2)CC1)Cc1ccc(Cl)cc1Cl. The van der Waals surface area contributed by atoms with E-state index in [1.807, 2.05) is 35.0 Å². The van der Waals surface area contributed by atoms with Crippen LogP contribution in [0.2, 0.25) is 10.0 Å². The van der Waals surface area contributed by atoms with E-state index in [-0.39, 0.29) is 11.7 Å². The number of aromatic hydroxyl groups is 1. The van der Waals surface area contributed by atoms with E-state index >= 15 is 0 Å². The minimum atomic E-state index is 0.118. The van der Waals surface area contributed by atoms with Crippen molar-refractivity contribution in [3.8, 4) is 5.75 Å². The molecule has 0 radical (unpaired) electrons. The van der Waals surface area contributed by atoms with Gasteiger partial charge in [-0.2, -0.15) is 0 Å². The van der Waals surface area contributed by atoms with E-state index in [1.165, 1.54) is 0 Å². The van der Waals surface area contributed by atoms with Gasteiger partial charge in [-0.05, 0) is 49.0 Å². The van der Waals surface area contributed by atoms with E-state index in [0.29, 0.717) is 36.2 Å². The molecule has 27 heavy (non-hydrogen) atoms. The standard InChI is InChI=1S/C20H23Cl2N3O2/c1-23(13-15-2-3-16(21)12-19(15)22)14-20(27)25-10-8-24(9-11-25)17-4-6-18(26)7-5-17/h2-7,12,26H,8-11,13-14H2,1H3. The topological polar surface area (TPSA) is 47.0 Å². The van der Waals surface area contributed by atoms with Gasteiger partial charge in [-0.3, -0.25) is 9.69 Å². The molecule has 0 aliphatic carbocycles. The lowest BCUT2D eigenvalue weighted by Crippen LogP contribution is -2.51. The number of piperazine rings is 1. The number of anilines is 1. The Hall–Kier alpha value is -1.95. The molecule has 0 unspecified atom stereocenters. The summed E-state index contributed by atoms with van der Waals surface area (Å²) in [6.45, 7) is 3.88. The molecule has 0 saturated carbocycles. The number of amides is 1. The summed E-state index contributed by atoms with van der Waals surface area (Å²) in [5, 5.41) is 10.6. The van der Waals surface area contributed by atoms with Gasteiger partial charge in [0, 0.05) is 48.5 Å². The van der Waals surface area contributed by atoms with E-state index in [4.69, 9.17) is 23.2 Å². The first-order valence-electron chi connectivity index (χ1n) is 8.86. The van der Waals surface area contributed by atoms with E-state index in [0.717, 1.165) is 24.3 Å². The summed E-state index contributed by atoms with van der Waals surface area (Å²) >= 11 is 12.1. The van der Waals surface area contributed by atoms with Gasteiger partial charge in [0.1, 0.15) is 5.75 Å². The molecule has 0 bridgehead atoms. The number of carbonyl (C=O) groups excluding carboxylic acids is 1. The Labute approximate surface area is 169 Å². The van der Waals surface area contributed by atoms with Gasteiger partial charge in [-0.15, -0.1) is 0 Å². The molecule has 2 aromatic carbocycles. The molecule has 1 saturated heterocycles. The Kier molecular flexibility index (Phi) is 6.47. The average molecular weight is 408 g/mol. The number of likely N-dealkylation sites (N-methyl/N-ethyl adjacent to an activating group) is 1. The summed E-state index contributed by atoms with van der Waals surface area (Å²) in [6.07, 6.45) is 0. The van der Waals surface area contributed by atoms with Gasteiger partial charge in [0.15, 0.2) is 0 Å². The number of nitrogens with zero attached hydrogens (tertiary/aromatic N) is 3. The number of halogens is 2. The number of benzene rings is 2. The fourth-order valence-corrected chi connectivity index (χ4v) is 3.67. The van der Waals surface area contributed by atoms with E-state index in [9.17, 15) is 9.90 Å². The third-order valence-corrected chi connectivity index (χ3v) is 5.29. The van der Waals surface area contributed by atoms with Crippen molar-refractivity contribution < 1.29 is 9.90 Å². The predicted octanol–water partition coefficient (Wildman–Crippen LogP) is 3.48. The quantitative estimate of drug-likeness (QED) is 0.823.